The maximum absolute atomic E-state index is 12.5. The van der Waals surface area contributed by atoms with E-state index in [1.807, 2.05) is 0 Å². The summed E-state index contributed by atoms with van der Waals surface area (Å²) in [5.41, 5.74) is 0.263. The Bertz CT molecular complexity index is 983. The van der Waals surface area contributed by atoms with Gasteiger partial charge in [-0.3, -0.25) is 4.79 Å². The number of nitrogens with zero attached hydrogens (tertiary/aromatic N) is 2. The van der Waals surface area contributed by atoms with Crippen LogP contribution in [0.1, 0.15) is 6.42 Å². The second-order valence-electron chi connectivity index (χ2n) is 5.44. The molecule has 0 saturated carbocycles. The highest BCUT2D eigenvalue weighted by Gasteiger charge is 2.23. The maximum atomic E-state index is 12.5. The van der Waals surface area contributed by atoms with Crippen molar-refractivity contribution in [3.05, 3.63) is 28.2 Å². The van der Waals surface area contributed by atoms with Gasteiger partial charge in [-0.1, -0.05) is 29.3 Å². The van der Waals surface area contributed by atoms with Crippen LogP contribution >= 0.6 is 23.2 Å². The third-order valence-electron chi connectivity index (χ3n) is 3.56. The molecule has 154 valence electrons. The molecule has 0 saturated heterocycles. The summed E-state index contributed by atoms with van der Waals surface area (Å²) in [6.45, 7) is -3.24. The highest BCUT2D eigenvalue weighted by Crippen LogP contribution is 2.37. The molecule has 28 heavy (non-hydrogen) atoms. The van der Waals surface area contributed by atoms with Crippen LogP contribution < -0.4 is 14.8 Å². The van der Waals surface area contributed by atoms with E-state index in [9.17, 15) is 22.0 Å². The third-order valence-corrected chi connectivity index (χ3v) is 5.84. The zero-order chi connectivity index (χ0) is 21.1. The van der Waals surface area contributed by atoms with Crippen molar-refractivity contribution in [2.45, 2.75) is 17.9 Å². The molecule has 0 aliphatic heterocycles. The number of sulfonamides is 1. The fourth-order valence-electron chi connectivity index (χ4n) is 2.24. The molecule has 0 aliphatic carbocycles. The molecule has 2 rings (SSSR count). The summed E-state index contributed by atoms with van der Waals surface area (Å²) in [4.78, 5) is 10.9. The Hall–Kier alpha value is -1.95. The van der Waals surface area contributed by atoms with Crippen LogP contribution in [-0.2, 0) is 21.9 Å². The fraction of sp³-hybridized carbons (Fsp3) is 0.333. The highest BCUT2D eigenvalue weighted by molar-refractivity contribution is 7.89. The first-order valence-electron chi connectivity index (χ1n) is 7.74. The summed E-state index contributed by atoms with van der Waals surface area (Å²) < 4.78 is 57.6. The lowest BCUT2D eigenvalue weighted by Crippen LogP contribution is -2.29. The first kappa shape index (κ1) is 22.3. The van der Waals surface area contributed by atoms with Crippen molar-refractivity contribution in [1.29, 1.82) is 0 Å². The number of carbonyl (C=O) groups is 1. The number of hydrogen-bond donors (Lipinski definition) is 2. The van der Waals surface area contributed by atoms with Gasteiger partial charge in [0.15, 0.2) is 0 Å². The predicted octanol–water partition coefficient (Wildman–Crippen LogP) is 2.41. The summed E-state index contributed by atoms with van der Waals surface area (Å²) in [5.74, 6) is -0.705. The van der Waals surface area contributed by atoms with Crippen molar-refractivity contribution in [3.63, 3.8) is 0 Å². The average molecular weight is 457 g/mol. The molecule has 0 unspecified atom stereocenters. The smallest absolute Gasteiger partial charge is 0.388 e. The molecule has 1 amide bonds. The monoisotopic (exact) mass is 456 g/mol. The van der Waals surface area contributed by atoms with Gasteiger partial charge in [-0.2, -0.15) is 13.9 Å². The molecule has 1 aromatic heterocycles. The number of rotatable bonds is 8. The largest absolute Gasteiger partial charge is 0.416 e. The maximum Gasteiger partial charge on any atom is 0.388 e. The van der Waals surface area contributed by atoms with E-state index in [-0.39, 0.29) is 51.0 Å². The van der Waals surface area contributed by atoms with Crippen LogP contribution in [0.4, 0.5) is 8.78 Å². The number of nitrogens with one attached hydrogen (secondary N) is 2. The van der Waals surface area contributed by atoms with Gasteiger partial charge < -0.3 is 10.1 Å². The van der Waals surface area contributed by atoms with Gasteiger partial charge in [0, 0.05) is 32.6 Å². The molecular formula is C15H16Cl2F2N4O4S. The minimum atomic E-state index is -4.05. The molecule has 0 fully saturated rings. The van der Waals surface area contributed by atoms with Crippen molar-refractivity contribution in [2.24, 2.45) is 7.05 Å². The van der Waals surface area contributed by atoms with Crippen molar-refractivity contribution in [1.82, 2.24) is 19.8 Å². The molecule has 13 heteroatoms. The molecule has 0 atom stereocenters. The van der Waals surface area contributed by atoms with E-state index in [0.717, 1.165) is 4.68 Å². The number of alkyl halides is 2. The number of amides is 1. The summed E-state index contributed by atoms with van der Waals surface area (Å²) in [6.07, 6.45) is -0.0621. The minimum absolute atomic E-state index is 0.0401. The van der Waals surface area contributed by atoms with Crippen molar-refractivity contribution < 1.29 is 26.7 Å². The van der Waals surface area contributed by atoms with Crippen LogP contribution in [0.15, 0.2) is 23.1 Å². The normalized spacial score (nSPS) is 11.7. The van der Waals surface area contributed by atoms with E-state index < -0.39 is 16.6 Å². The van der Waals surface area contributed by atoms with Crippen molar-refractivity contribution in [3.8, 4) is 17.1 Å². The lowest BCUT2D eigenvalue weighted by Gasteiger charge is -2.09. The molecule has 0 spiro atoms. The molecule has 1 heterocycles. The van der Waals surface area contributed by atoms with Gasteiger partial charge >= 0.3 is 6.61 Å². The van der Waals surface area contributed by atoms with Crippen LogP contribution in [0, 0.1) is 0 Å². The van der Waals surface area contributed by atoms with E-state index in [1.54, 1.807) is 0 Å². The van der Waals surface area contributed by atoms with Crippen molar-refractivity contribution in [2.75, 3.05) is 13.6 Å². The third kappa shape index (κ3) is 5.10. The number of hydrogen-bond acceptors (Lipinski definition) is 5. The van der Waals surface area contributed by atoms with Gasteiger partial charge in [0.25, 0.3) is 0 Å². The number of halogens is 4. The Morgan fingerprint density at radius 2 is 2.04 bits per heavy atom. The van der Waals surface area contributed by atoms with E-state index in [1.165, 1.54) is 32.3 Å². The lowest BCUT2D eigenvalue weighted by molar-refractivity contribution is -0.120. The van der Waals surface area contributed by atoms with Crippen LogP contribution in [0.2, 0.25) is 10.0 Å². The van der Waals surface area contributed by atoms with Gasteiger partial charge in [-0.25, -0.2) is 17.8 Å². The zero-order valence-electron chi connectivity index (χ0n) is 14.7. The van der Waals surface area contributed by atoms with Crippen LogP contribution in [0.3, 0.4) is 0 Å². The second-order valence-corrected chi connectivity index (χ2v) is 7.96. The summed E-state index contributed by atoms with van der Waals surface area (Å²) in [6, 6.07) is 3.94. The van der Waals surface area contributed by atoms with Crippen molar-refractivity contribution >= 4 is 39.1 Å². The first-order chi connectivity index (χ1) is 13.1. The van der Waals surface area contributed by atoms with Crippen LogP contribution in [0.25, 0.3) is 11.3 Å². The predicted molar refractivity (Wildman–Crippen MR) is 99.2 cm³/mol. The summed E-state index contributed by atoms with van der Waals surface area (Å²) in [5, 5.41) is 6.08. The zero-order valence-corrected chi connectivity index (χ0v) is 17.0. The molecule has 0 aliphatic rings. The van der Waals surface area contributed by atoms with E-state index in [2.05, 4.69) is 19.9 Å². The molecule has 0 radical (unpaired) electrons. The molecule has 8 nitrogen and oxygen atoms in total. The topological polar surface area (TPSA) is 102 Å². The summed E-state index contributed by atoms with van der Waals surface area (Å²) in [7, 11) is -1.27. The number of aromatic nitrogens is 2. The highest BCUT2D eigenvalue weighted by atomic mass is 35.5. The van der Waals surface area contributed by atoms with E-state index >= 15 is 0 Å². The van der Waals surface area contributed by atoms with Gasteiger partial charge in [0.1, 0.15) is 15.6 Å². The Kier molecular flexibility index (Phi) is 7.21. The van der Waals surface area contributed by atoms with E-state index in [0.29, 0.717) is 0 Å². The number of benzene rings is 1. The van der Waals surface area contributed by atoms with Gasteiger partial charge in [0.05, 0.1) is 5.02 Å². The molecular weight excluding hydrogens is 441 g/mol. The SMILES string of the molecule is CNC(=O)CCNS(=O)(=O)c1cc(-c2nn(C)c(OC(F)F)c2Cl)ccc1Cl. The van der Waals surface area contributed by atoms with Gasteiger partial charge in [0.2, 0.25) is 21.8 Å². The lowest BCUT2D eigenvalue weighted by atomic mass is 10.1. The summed E-state index contributed by atoms with van der Waals surface area (Å²) >= 11 is 12.1. The Labute approximate surface area is 169 Å². The number of carbonyl (C=O) groups excluding carboxylic acids is 1. The molecule has 2 N–H and O–H groups in total. The number of aryl methyl sites for hydroxylation is 1. The average Bonchev–Trinajstić information content (AvgIpc) is 2.89. The first-order valence-corrected chi connectivity index (χ1v) is 9.98. The minimum Gasteiger partial charge on any atom is -0.416 e. The standard InChI is InChI=1S/C15H16Cl2F2N4O4S/c1-20-11(24)5-6-21-28(25,26)10-7-8(3-4-9(10)16)13-12(17)14(23(2)22-13)27-15(18)19/h3-4,7,15,21H,5-6H2,1-2H3,(H,20,24). The quantitative estimate of drug-likeness (QED) is 0.634. The fourth-order valence-corrected chi connectivity index (χ4v) is 4.11. The number of ether oxygens (including phenoxy) is 1. The Morgan fingerprint density at radius 1 is 1.36 bits per heavy atom. The Balaban J connectivity index is 2.37. The second kappa shape index (κ2) is 9.03. The van der Waals surface area contributed by atoms with Crippen LogP contribution in [-0.4, -0.2) is 44.3 Å². The van der Waals surface area contributed by atoms with Gasteiger partial charge in [-0.15, -0.1) is 0 Å². The Morgan fingerprint density at radius 3 is 2.64 bits per heavy atom. The van der Waals surface area contributed by atoms with Gasteiger partial charge in [-0.05, 0) is 12.1 Å². The van der Waals surface area contributed by atoms with Crippen LogP contribution in [0.5, 0.6) is 5.88 Å². The molecule has 1 aromatic carbocycles. The van der Waals surface area contributed by atoms with E-state index in [4.69, 9.17) is 23.2 Å². The molecule has 0 bridgehead atoms. The molecule has 2 aromatic rings.